The summed E-state index contributed by atoms with van der Waals surface area (Å²) in [4.78, 5) is 0. The highest BCUT2D eigenvalue weighted by molar-refractivity contribution is 6.36. The molecular weight excluding hydrogens is 276 g/mol. The summed E-state index contributed by atoms with van der Waals surface area (Å²) in [6, 6.07) is 2.74. The molecule has 1 aliphatic rings. The van der Waals surface area contributed by atoms with E-state index in [1.165, 1.54) is 12.1 Å². The maximum absolute atomic E-state index is 13.4. The molecule has 0 saturated carbocycles. The molecule has 1 fully saturated rings. The maximum Gasteiger partial charge on any atom is 0.142 e. The Morgan fingerprint density at radius 2 is 2.28 bits per heavy atom. The summed E-state index contributed by atoms with van der Waals surface area (Å²) in [7, 11) is 0. The van der Waals surface area contributed by atoms with Crippen molar-refractivity contribution in [3.05, 3.63) is 33.6 Å². The first-order chi connectivity index (χ1) is 8.59. The van der Waals surface area contributed by atoms with Gasteiger partial charge in [-0.25, -0.2) is 4.39 Å². The van der Waals surface area contributed by atoms with Gasteiger partial charge < -0.3 is 10.1 Å². The van der Waals surface area contributed by atoms with Crippen molar-refractivity contribution in [1.82, 2.24) is 5.32 Å². The number of rotatable bonds is 4. The largest absolute Gasteiger partial charge is 0.381 e. The van der Waals surface area contributed by atoms with Crippen molar-refractivity contribution in [3.63, 3.8) is 0 Å². The van der Waals surface area contributed by atoms with Gasteiger partial charge in [0.2, 0.25) is 0 Å². The van der Waals surface area contributed by atoms with Gasteiger partial charge in [0, 0.05) is 29.8 Å². The van der Waals surface area contributed by atoms with Gasteiger partial charge >= 0.3 is 0 Å². The predicted molar refractivity (Wildman–Crippen MR) is 71.8 cm³/mol. The SMILES string of the molecule is CC(NCC1CCOC1)c1c(Cl)ccc(F)c1Cl. The Labute approximate surface area is 116 Å². The average molecular weight is 292 g/mol. The van der Waals surface area contributed by atoms with E-state index in [1.807, 2.05) is 6.92 Å². The molecule has 0 aromatic heterocycles. The Bertz CT molecular complexity index is 422. The van der Waals surface area contributed by atoms with Crippen LogP contribution >= 0.6 is 23.2 Å². The number of halogens is 3. The fourth-order valence-corrected chi connectivity index (χ4v) is 2.83. The zero-order valence-corrected chi connectivity index (χ0v) is 11.7. The molecule has 2 unspecified atom stereocenters. The Morgan fingerprint density at radius 1 is 1.50 bits per heavy atom. The lowest BCUT2D eigenvalue weighted by Crippen LogP contribution is -2.26. The summed E-state index contributed by atoms with van der Waals surface area (Å²) in [5.74, 6) is 0.0764. The monoisotopic (exact) mass is 291 g/mol. The molecule has 2 atom stereocenters. The van der Waals surface area contributed by atoms with E-state index in [9.17, 15) is 4.39 Å². The number of ether oxygens (including phenoxy) is 1. The number of hydrogen-bond donors (Lipinski definition) is 1. The molecular formula is C13H16Cl2FNO. The van der Waals surface area contributed by atoms with E-state index in [2.05, 4.69) is 5.32 Å². The lowest BCUT2D eigenvalue weighted by molar-refractivity contribution is 0.184. The van der Waals surface area contributed by atoms with Crippen molar-refractivity contribution >= 4 is 23.2 Å². The molecule has 0 aliphatic carbocycles. The first-order valence-corrected chi connectivity index (χ1v) is 6.79. The van der Waals surface area contributed by atoms with Crippen molar-refractivity contribution < 1.29 is 9.13 Å². The molecule has 18 heavy (non-hydrogen) atoms. The summed E-state index contributed by atoms with van der Waals surface area (Å²) in [5.41, 5.74) is 0.622. The summed E-state index contributed by atoms with van der Waals surface area (Å²) < 4.78 is 18.7. The van der Waals surface area contributed by atoms with E-state index in [0.717, 1.165) is 26.2 Å². The first kappa shape index (κ1) is 14.1. The third kappa shape index (κ3) is 3.15. The zero-order chi connectivity index (χ0) is 13.1. The second kappa shape index (κ2) is 6.20. The first-order valence-electron chi connectivity index (χ1n) is 6.04. The number of hydrogen-bond acceptors (Lipinski definition) is 2. The molecule has 0 radical (unpaired) electrons. The van der Waals surface area contributed by atoms with Crippen molar-refractivity contribution in [3.8, 4) is 0 Å². The second-order valence-corrected chi connectivity index (χ2v) is 5.40. The van der Waals surface area contributed by atoms with Crippen LogP contribution in [-0.4, -0.2) is 19.8 Å². The van der Waals surface area contributed by atoms with Gasteiger partial charge in [0.1, 0.15) is 5.82 Å². The lowest BCUT2D eigenvalue weighted by atomic mass is 10.1. The van der Waals surface area contributed by atoms with Gasteiger partial charge in [-0.2, -0.15) is 0 Å². The Morgan fingerprint density at radius 3 is 2.94 bits per heavy atom. The molecule has 0 spiro atoms. The van der Waals surface area contributed by atoms with Crippen LogP contribution in [0.25, 0.3) is 0 Å². The average Bonchev–Trinajstić information content (AvgIpc) is 2.85. The summed E-state index contributed by atoms with van der Waals surface area (Å²) in [5, 5.41) is 3.93. The van der Waals surface area contributed by atoms with E-state index in [0.29, 0.717) is 16.5 Å². The van der Waals surface area contributed by atoms with Crippen molar-refractivity contribution in [2.24, 2.45) is 5.92 Å². The highest BCUT2D eigenvalue weighted by atomic mass is 35.5. The van der Waals surface area contributed by atoms with Crippen LogP contribution in [0.2, 0.25) is 10.0 Å². The highest BCUT2D eigenvalue weighted by Crippen LogP contribution is 2.32. The van der Waals surface area contributed by atoms with Gasteiger partial charge in [-0.15, -0.1) is 0 Å². The van der Waals surface area contributed by atoms with Gasteiger partial charge in [0.25, 0.3) is 0 Å². The molecule has 0 bridgehead atoms. The Hall–Kier alpha value is -0.350. The minimum atomic E-state index is -0.436. The highest BCUT2D eigenvalue weighted by Gasteiger charge is 2.20. The van der Waals surface area contributed by atoms with Crippen LogP contribution in [0, 0.1) is 11.7 Å². The molecule has 100 valence electrons. The van der Waals surface area contributed by atoms with Gasteiger partial charge in [-0.1, -0.05) is 23.2 Å². The fourth-order valence-electron chi connectivity index (χ4n) is 2.13. The molecule has 0 amide bonds. The minimum Gasteiger partial charge on any atom is -0.381 e. The molecule has 1 N–H and O–H groups in total. The van der Waals surface area contributed by atoms with Gasteiger partial charge in [-0.3, -0.25) is 0 Å². The zero-order valence-electron chi connectivity index (χ0n) is 10.2. The van der Waals surface area contributed by atoms with Crippen LogP contribution in [0.1, 0.15) is 24.9 Å². The normalized spacial score (nSPS) is 21.2. The topological polar surface area (TPSA) is 21.3 Å². The van der Waals surface area contributed by atoms with Gasteiger partial charge in [-0.05, 0) is 31.4 Å². The second-order valence-electron chi connectivity index (χ2n) is 4.62. The standard InChI is InChI=1S/C13H16Cl2FNO/c1-8(17-6-9-4-5-18-7-9)12-10(14)2-3-11(16)13(12)15/h2-3,8-9,17H,4-7H2,1H3. The van der Waals surface area contributed by atoms with Gasteiger partial charge in [0.05, 0.1) is 11.6 Å². The third-order valence-electron chi connectivity index (χ3n) is 3.25. The molecule has 1 heterocycles. The Balaban J connectivity index is 2.03. The predicted octanol–water partition coefficient (Wildman–Crippen LogP) is 3.82. The van der Waals surface area contributed by atoms with E-state index >= 15 is 0 Å². The van der Waals surface area contributed by atoms with Gasteiger partial charge in [0.15, 0.2) is 0 Å². The smallest absolute Gasteiger partial charge is 0.142 e. The molecule has 1 aliphatic heterocycles. The molecule has 1 aromatic rings. The quantitative estimate of drug-likeness (QED) is 0.852. The summed E-state index contributed by atoms with van der Waals surface area (Å²) in [6.07, 6.45) is 1.06. The molecule has 1 aromatic carbocycles. The van der Waals surface area contributed by atoms with Crippen LogP contribution in [-0.2, 0) is 4.74 Å². The van der Waals surface area contributed by atoms with E-state index in [4.69, 9.17) is 27.9 Å². The van der Waals surface area contributed by atoms with Crippen molar-refractivity contribution in [2.75, 3.05) is 19.8 Å². The fraction of sp³-hybridized carbons (Fsp3) is 0.538. The molecule has 5 heteroatoms. The Kier molecular flexibility index (Phi) is 4.84. The van der Waals surface area contributed by atoms with Crippen LogP contribution in [0.3, 0.4) is 0 Å². The van der Waals surface area contributed by atoms with Crippen molar-refractivity contribution in [2.45, 2.75) is 19.4 Å². The number of benzene rings is 1. The van der Waals surface area contributed by atoms with Crippen LogP contribution in [0.5, 0.6) is 0 Å². The van der Waals surface area contributed by atoms with E-state index in [1.54, 1.807) is 0 Å². The lowest BCUT2D eigenvalue weighted by Gasteiger charge is -2.19. The molecule has 2 rings (SSSR count). The van der Waals surface area contributed by atoms with Crippen LogP contribution < -0.4 is 5.32 Å². The minimum absolute atomic E-state index is 0.0821. The summed E-state index contributed by atoms with van der Waals surface area (Å²) in [6.45, 7) is 4.36. The maximum atomic E-state index is 13.4. The van der Waals surface area contributed by atoms with Crippen LogP contribution in [0.4, 0.5) is 4.39 Å². The molecule has 2 nitrogen and oxygen atoms in total. The van der Waals surface area contributed by atoms with Crippen molar-refractivity contribution in [1.29, 1.82) is 0 Å². The number of nitrogens with one attached hydrogen (secondary N) is 1. The summed E-state index contributed by atoms with van der Waals surface area (Å²) >= 11 is 12.0. The van der Waals surface area contributed by atoms with E-state index in [-0.39, 0.29) is 11.1 Å². The van der Waals surface area contributed by atoms with Crippen LogP contribution in [0.15, 0.2) is 12.1 Å². The third-order valence-corrected chi connectivity index (χ3v) is 3.96. The molecule has 1 saturated heterocycles. The van der Waals surface area contributed by atoms with E-state index < -0.39 is 5.82 Å².